The molecule has 3 heterocycles. The van der Waals surface area contributed by atoms with Crippen LogP contribution in [0.5, 0.6) is 0 Å². The van der Waals surface area contributed by atoms with Crippen molar-refractivity contribution in [3.05, 3.63) is 0 Å². The summed E-state index contributed by atoms with van der Waals surface area (Å²) in [6.45, 7) is 6.44. The molecule has 3 aliphatic rings. The third-order valence-corrected chi connectivity index (χ3v) is 5.83. The Morgan fingerprint density at radius 2 is 2.10 bits per heavy atom. The minimum atomic E-state index is 0.545. The molecule has 0 aliphatic carbocycles. The second kappa shape index (κ2) is 6.73. The average Bonchev–Trinajstić information content (AvgIpc) is 2.49. The molecular weight excluding hydrogens is 250 g/mol. The predicted molar refractivity (Wildman–Crippen MR) is 81.7 cm³/mol. The molecule has 4 heteroatoms. The molecule has 2 N–H and O–H groups in total. The summed E-state index contributed by atoms with van der Waals surface area (Å²) >= 11 is 0. The predicted octanol–water partition coefficient (Wildman–Crippen LogP) is 1.16. The first kappa shape index (κ1) is 14.8. The maximum Gasteiger partial charge on any atom is 0.0509 e. The highest BCUT2D eigenvalue weighted by Gasteiger charge is 2.38. The van der Waals surface area contributed by atoms with Crippen molar-refractivity contribution in [1.82, 2.24) is 9.80 Å². The van der Waals surface area contributed by atoms with E-state index < -0.39 is 0 Å². The topological polar surface area (TPSA) is 41.7 Å². The minimum Gasteiger partial charge on any atom is -0.381 e. The molecule has 3 saturated heterocycles. The van der Waals surface area contributed by atoms with Gasteiger partial charge in [0.25, 0.3) is 0 Å². The summed E-state index contributed by atoms with van der Waals surface area (Å²) in [5.74, 6) is 1.52. The number of ether oxygens (including phenoxy) is 1. The Labute approximate surface area is 123 Å². The summed E-state index contributed by atoms with van der Waals surface area (Å²) in [5.41, 5.74) is 6.12. The Balaban J connectivity index is 1.61. The smallest absolute Gasteiger partial charge is 0.0509 e. The van der Waals surface area contributed by atoms with Crippen molar-refractivity contribution in [3.8, 4) is 0 Å². The van der Waals surface area contributed by atoms with E-state index in [9.17, 15) is 0 Å². The van der Waals surface area contributed by atoms with Crippen molar-refractivity contribution in [2.24, 2.45) is 17.6 Å². The summed E-state index contributed by atoms with van der Waals surface area (Å²) in [6, 6.07) is 1.37. The summed E-state index contributed by atoms with van der Waals surface area (Å²) in [5, 5.41) is 0. The van der Waals surface area contributed by atoms with Crippen LogP contribution in [-0.4, -0.2) is 68.3 Å². The molecule has 3 rings (SSSR count). The summed E-state index contributed by atoms with van der Waals surface area (Å²) < 4.78 is 5.69. The number of fused-ring (bicyclic) bond motifs is 1. The molecule has 0 aromatic rings. The molecule has 0 spiro atoms. The molecule has 4 nitrogen and oxygen atoms in total. The van der Waals surface area contributed by atoms with Gasteiger partial charge < -0.3 is 15.4 Å². The fraction of sp³-hybridized carbons (Fsp3) is 1.00. The number of hydrogen-bond acceptors (Lipinski definition) is 4. The number of hydrogen-bond donors (Lipinski definition) is 1. The monoisotopic (exact) mass is 281 g/mol. The van der Waals surface area contributed by atoms with E-state index in [2.05, 4.69) is 16.8 Å². The first-order valence-corrected chi connectivity index (χ1v) is 8.51. The number of nitrogens with zero attached hydrogens (tertiary/aromatic N) is 2. The van der Waals surface area contributed by atoms with Gasteiger partial charge in [-0.15, -0.1) is 0 Å². The largest absolute Gasteiger partial charge is 0.381 e. The maximum atomic E-state index is 6.12. The molecule has 0 bridgehead atoms. The van der Waals surface area contributed by atoms with E-state index >= 15 is 0 Å². The second-order valence-electron chi connectivity index (χ2n) is 7.01. The number of nitrogens with two attached hydrogens (primary N) is 1. The maximum absolute atomic E-state index is 6.12. The van der Waals surface area contributed by atoms with Crippen molar-refractivity contribution in [3.63, 3.8) is 0 Å². The highest BCUT2D eigenvalue weighted by atomic mass is 16.5. The summed E-state index contributed by atoms with van der Waals surface area (Å²) in [4.78, 5) is 5.28. The van der Waals surface area contributed by atoms with Gasteiger partial charge in [0, 0.05) is 38.3 Å². The van der Waals surface area contributed by atoms with E-state index in [-0.39, 0.29) is 0 Å². The van der Waals surface area contributed by atoms with E-state index in [0.29, 0.717) is 12.0 Å². The molecule has 0 aromatic heterocycles. The highest BCUT2D eigenvalue weighted by molar-refractivity contribution is 4.93. The lowest BCUT2D eigenvalue weighted by molar-refractivity contribution is -0.0245. The van der Waals surface area contributed by atoms with Crippen LogP contribution in [0.15, 0.2) is 0 Å². The zero-order chi connectivity index (χ0) is 13.9. The third-order valence-electron chi connectivity index (χ3n) is 5.83. The SMILES string of the molecule is CN1CCCC2CN(C(CN)C3CCCOC3)CCC21. The normalized spacial score (nSPS) is 38.4. The quantitative estimate of drug-likeness (QED) is 0.843. The zero-order valence-corrected chi connectivity index (χ0v) is 13.0. The van der Waals surface area contributed by atoms with E-state index in [4.69, 9.17) is 10.5 Å². The number of piperidine rings is 2. The van der Waals surface area contributed by atoms with Crippen LogP contribution in [0.1, 0.15) is 32.1 Å². The van der Waals surface area contributed by atoms with Gasteiger partial charge in [0.15, 0.2) is 0 Å². The fourth-order valence-electron chi connectivity index (χ4n) is 4.69. The van der Waals surface area contributed by atoms with E-state index in [0.717, 1.165) is 31.7 Å². The van der Waals surface area contributed by atoms with Gasteiger partial charge in [0.05, 0.1) is 6.61 Å². The van der Waals surface area contributed by atoms with Crippen LogP contribution in [0.4, 0.5) is 0 Å². The Morgan fingerprint density at radius 1 is 1.20 bits per heavy atom. The Bertz CT molecular complexity index is 306. The molecular formula is C16H31N3O. The molecule has 0 aromatic carbocycles. The molecule has 3 fully saturated rings. The summed E-state index contributed by atoms with van der Waals surface area (Å²) in [6.07, 6.45) is 6.61. The second-order valence-corrected chi connectivity index (χ2v) is 7.01. The lowest BCUT2D eigenvalue weighted by Crippen LogP contribution is -2.58. The van der Waals surface area contributed by atoms with Gasteiger partial charge in [-0.1, -0.05) is 0 Å². The highest BCUT2D eigenvalue weighted by Crippen LogP contribution is 2.32. The standard InChI is InChI=1S/C16H31N3O/c1-18-7-2-4-13-11-19(8-6-15(13)18)16(10-17)14-5-3-9-20-12-14/h13-16H,2-12,17H2,1H3. The number of likely N-dealkylation sites (tertiary alicyclic amines) is 2. The lowest BCUT2D eigenvalue weighted by Gasteiger charge is -2.49. The molecule has 116 valence electrons. The first-order valence-electron chi connectivity index (χ1n) is 8.51. The van der Waals surface area contributed by atoms with Crippen LogP contribution in [0.2, 0.25) is 0 Å². The zero-order valence-electron chi connectivity index (χ0n) is 13.0. The molecule has 0 saturated carbocycles. The van der Waals surface area contributed by atoms with Gasteiger partial charge in [-0.05, 0) is 57.5 Å². The fourth-order valence-corrected chi connectivity index (χ4v) is 4.69. The van der Waals surface area contributed by atoms with Crippen molar-refractivity contribution < 1.29 is 4.74 Å². The van der Waals surface area contributed by atoms with Crippen molar-refractivity contribution in [1.29, 1.82) is 0 Å². The van der Waals surface area contributed by atoms with E-state index in [1.807, 2.05) is 0 Å². The summed E-state index contributed by atoms with van der Waals surface area (Å²) in [7, 11) is 2.31. The molecule has 3 aliphatic heterocycles. The molecule has 0 amide bonds. The molecule has 0 radical (unpaired) electrons. The van der Waals surface area contributed by atoms with Crippen LogP contribution in [0.3, 0.4) is 0 Å². The Kier molecular flexibility index (Phi) is 4.97. The third kappa shape index (κ3) is 3.03. The van der Waals surface area contributed by atoms with Crippen LogP contribution < -0.4 is 5.73 Å². The van der Waals surface area contributed by atoms with Gasteiger partial charge in [0.1, 0.15) is 0 Å². The van der Waals surface area contributed by atoms with Gasteiger partial charge >= 0.3 is 0 Å². The Morgan fingerprint density at radius 3 is 2.85 bits per heavy atom. The van der Waals surface area contributed by atoms with Crippen LogP contribution in [0, 0.1) is 11.8 Å². The van der Waals surface area contributed by atoms with E-state index in [1.54, 1.807) is 0 Å². The van der Waals surface area contributed by atoms with Gasteiger partial charge in [-0.3, -0.25) is 4.90 Å². The average molecular weight is 281 g/mol. The number of rotatable bonds is 3. The van der Waals surface area contributed by atoms with Crippen molar-refractivity contribution >= 4 is 0 Å². The van der Waals surface area contributed by atoms with Crippen molar-refractivity contribution in [2.75, 3.05) is 46.4 Å². The molecule has 20 heavy (non-hydrogen) atoms. The lowest BCUT2D eigenvalue weighted by atomic mass is 9.82. The van der Waals surface area contributed by atoms with Crippen LogP contribution in [0.25, 0.3) is 0 Å². The van der Waals surface area contributed by atoms with Gasteiger partial charge in [0.2, 0.25) is 0 Å². The minimum absolute atomic E-state index is 0.545. The van der Waals surface area contributed by atoms with Gasteiger partial charge in [-0.2, -0.15) is 0 Å². The Hall–Kier alpha value is -0.160. The van der Waals surface area contributed by atoms with E-state index in [1.165, 1.54) is 51.7 Å². The van der Waals surface area contributed by atoms with Crippen molar-refractivity contribution in [2.45, 2.75) is 44.2 Å². The van der Waals surface area contributed by atoms with Crippen LogP contribution in [-0.2, 0) is 4.74 Å². The molecule has 4 atom stereocenters. The molecule has 4 unspecified atom stereocenters. The first-order chi connectivity index (χ1) is 9.79. The van der Waals surface area contributed by atoms with Gasteiger partial charge in [-0.25, -0.2) is 0 Å². The van der Waals surface area contributed by atoms with Crippen LogP contribution >= 0.6 is 0 Å².